The minimum absolute atomic E-state index is 0.0631. The van der Waals surface area contributed by atoms with E-state index in [1.807, 2.05) is 30.4 Å². The molecule has 1 fully saturated rings. The van der Waals surface area contributed by atoms with Crippen molar-refractivity contribution in [2.75, 3.05) is 13.2 Å². The van der Waals surface area contributed by atoms with Crippen molar-refractivity contribution in [2.45, 2.75) is 223 Å². The number of phosphoric acid groups is 2. The lowest BCUT2D eigenvalue weighted by molar-refractivity contribution is -0.216. The average Bonchev–Trinajstić information content (AvgIpc) is 3.27. The molecule has 0 radical (unpaired) electrons. The molecule has 0 aromatic rings. The van der Waals surface area contributed by atoms with Crippen LogP contribution in [-0.4, -0.2) is 114 Å². The number of carbonyl (C=O) groups is 2. The fourth-order valence-corrected chi connectivity index (χ4v) is 8.70. The van der Waals surface area contributed by atoms with Crippen LogP contribution in [0.4, 0.5) is 0 Å². The Morgan fingerprint density at radius 1 is 0.561 bits per heavy atom. The summed E-state index contributed by atoms with van der Waals surface area (Å²) < 4.78 is 49.3. The zero-order valence-corrected chi connectivity index (χ0v) is 41.3. The number of ether oxygens (including phenoxy) is 2. The van der Waals surface area contributed by atoms with Gasteiger partial charge in [-0.15, -0.1) is 0 Å². The highest BCUT2D eigenvalue weighted by atomic mass is 31.2. The van der Waals surface area contributed by atoms with Crippen molar-refractivity contribution in [1.82, 2.24) is 0 Å². The van der Waals surface area contributed by atoms with E-state index >= 15 is 0 Å². The molecule has 0 aromatic heterocycles. The molecule has 1 aliphatic carbocycles. The monoisotopic (exact) mass is 983 g/mol. The van der Waals surface area contributed by atoms with E-state index in [0.717, 1.165) is 38.5 Å². The smallest absolute Gasteiger partial charge is 0.462 e. The van der Waals surface area contributed by atoms with Crippen LogP contribution >= 0.6 is 15.6 Å². The zero-order chi connectivity index (χ0) is 49.1. The van der Waals surface area contributed by atoms with Crippen LogP contribution in [0.2, 0.25) is 0 Å². The Balaban J connectivity index is 2.65. The summed E-state index contributed by atoms with van der Waals surface area (Å²) in [6.45, 7) is 2.97. The fraction of sp³-hybridized carbons (Fsp3) is 0.787. The Bertz CT molecular complexity index is 1480. The van der Waals surface area contributed by atoms with Crippen LogP contribution in [0.25, 0.3) is 0 Å². The van der Waals surface area contributed by atoms with E-state index in [9.17, 15) is 58.9 Å². The van der Waals surface area contributed by atoms with Crippen LogP contribution in [0.5, 0.6) is 0 Å². The Morgan fingerprint density at radius 3 is 1.67 bits per heavy atom. The summed E-state index contributed by atoms with van der Waals surface area (Å²) in [5.41, 5.74) is 0. The molecule has 0 heterocycles. The zero-order valence-electron chi connectivity index (χ0n) is 39.5. The van der Waals surface area contributed by atoms with Crippen molar-refractivity contribution in [1.29, 1.82) is 0 Å². The highest BCUT2D eigenvalue weighted by Gasteiger charge is 2.54. The van der Waals surface area contributed by atoms with Gasteiger partial charge in [0.15, 0.2) is 6.10 Å². The first-order chi connectivity index (χ1) is 31.5. The van der Waals surface area contributed by atoms with Crippen molar-refractivity contribution in [3.05, 3.63) is 48.6 Å². The summed E-state index contributed by atoms with van der Waals surface area (Å²) in [5, 5.41) is 51.3. The Morgan fingerprint density at radius 2 is 1.08 bits per heavy atom. The second kappa shape index (κ2) is 37.8. The van der Waals surface area contributed by atoms with Crippen LogP contribution in [0.3, 0.4) is 0 Å². The van der Waals surface area contributed by atoms with Crippen LogP contribution in [-0.2, 0) is 41.8 Å². The first-order valence-corrected chi connectivity index (χ1v) is 27.3. The third-order valence-electron chi connectivity index (χ3n) is 11.0. The molecule has 5 unspecified atom stereocenters. The number of unbranched alkanes of at least 4 members (excludes halogenated alkanes) is 18. The lowest BCUT2D eigenvalue weighted by atomic mass is 9.85. The molecule has 0 aliphatic heterocycles. The van der Waals surface area contributed by atoms with E-state index in [0.29, 0.717) is 32.1 Å². The Kier molecular flexibility index (Phi) is 35.4. The van der Waals surface area contributed by atoms with Crippen molar-refractivity contribution in [3.63, 3.8) is 0 Å². The Hall–Kier alpha value is -2.08. The van der Waals surface area contributed by atoms with Crippen molar-refractivity contribution in [2.24, 2.45) is 0 Å². The lowest BCUT2D eigenvalue weighted by Crippen LogP contribution is -2.64. The van der Waals surface area contributed by atoms with Gasteiger partial charge in [-0.05, 0) is 44.9 Å². The van der Waals surface area contributed by atoms with Gasteiger partial charge in [0.1, 0.15) is 43.2 Å². The molecular formula is C47H84O17P2. The van der Waals surface area contributed by atoms with Gasteiger partial charge in [-0.25, -0.2) is 9.13 Å². The highest BCUT2D eigenvalue weighted by molar-refractivity contribution is 7.47. The summed E-state index contributed by atoms with van der Waals surface area (Å²) in [5.74, 6) is -1.31. The predicted octanol–water partition coefficient (Wildman–Crippen LogP) is 8.26. The molecular weight excluding hydrogens is 898 g/mol. The minimum atomic E-state index is -5.38. The van der Waals surface area contributed by atoms with E-state index in [4.69, 9.17) is 18.5 Å². The van der Waals surface area contributed by atoms with Crippen LogP contribution in [0.1, 0.15) is 174 Å². The third-order valence-corrected chi connectivity index (χ3v) is 12.5. The molecule has 0 saturated heterocycles. The van der Waals surface area contributed by atoms with Gasteiger partial charge in [-0.1, -0.05) is 165 Å². The lowest BCUT2D eigenvalue weighted by Gasteiger charge is -2.43. The van der Waals surface area contributed by atoms with E-state index in [-0.39, 0.29) is 12.8 Å². The number of rotatable bonds is 40. The number of aliphatic hydroxyl groups excluding tert-OH is 5. The first-order valence-electron chi connectivity index (χ1n) is 24.3. The van der Waals surface area contributed by atoms with E-state index in [1.165, 1.54) is 77.0 Å². The largest absolute Gasteiger partial charge is 0.472 e. The van der Waals surface area contributed by atoms with Gasteiger partial charge in [-0.3, -0.25) is 23.2 Å². The molecule has 19 heteroatoms. The van der Waals surface area contributed by atoms with Gasteiger partial charge in [-0.2, -0.15) is 0 Å². The quantitative estimate of drug-likeness (QED) is 0.00943. The van der Waals surface area contributed by atoms with E-state index in [1.54, 1.807) is 12.2 Å². The molecule has 17 nitrogen and oxygen atoms in total. The summed E-state index contributed by atoms with van der Waals surface area (Å²) in [6, 6.07) is 0. The predicted molar refractivity (Wildman–Crippen MR) is 252 cm³/mol. The maximum absolute atomic E-state index is 13.0. The van der Waals surface area contributed by atoms with Crippen molar-refractivity contribution in [3.8, 4) is 0 Å². The van der Waals surface area contributed by atoms with Gasteiger partial charge in [0.2, 0.25) is 0 Å². The number of hydrogen-bond donors (Lipinski definition) is 8. The fourth-order valence-electron chi connectivity index (χ4n) is 7.16. The number of allylic oxidation sites excluding steroid dienone is 6. The standard InChI is InChI=1S/C47H84O17P2/c1-3-5-7-9-11-12-13-14-15-16-17-18-22-26-30-34-40(49)60-36-39(37-61-66(58,59)64-47-44(53)42(51)43(52)46(45(47)54)63-65(55,56)57)62-41(50)35-31-27-23-20-19-21-25-29-33-38(48)32-28-24-10-8-6-4-2/h20-21,23-25,28-29,33,38-39,42-48,51-54H,3-19,22,26-27,30-32,34-37H2,1-2H3,(H,58,59)(H2,55,56,57)/b23-20-,25-21-,28-24-,33-29+/t38-,39+,42?,43?,44?,45?,46+,47-/m0/s1. The Labute approximate surface area is 393 Å². The van der Waals surface area contributed by atoms with Crippen LogP contribution < -0.4 is 0 Å². The number of aliphatic hydroxyl groups is 5. The van der Waals surface area contributed by atoms with Crippen LogP contribution in [0, 0.1) is 0 Å². The molecule has 1 saturated carbocycles. The average molecular weight is 983 g/mol. The number of esters is 2. The van der Waals surface area contributed by atoms with Gasteiger partial charge < -0.3 is 49.7 Å². The summed E-state index contributed by atoms with van der Waals surface area (Å²) in [6.07, 6.45) is 23.8. The van der Waals surface area contributed by atoms with E-state index < -0.39 is 89.6 Å². The van der Waals surface area contributed by atoms with Gasteiger partial charge >= 0.3 is 27.6 Å². The molecule has 0 amide bonds. The number of carbonyl (C=O) groups excluding carboxylic acids is 2. The molecule has 384 valence electrons. The summed E-state index contributed by atoms with van der Waals surface area (Å²) >= 11 is 0. The number of hydrogen-bond acceptors (Lipinski definition) is 14. The molecule has 66 heavy (non-hydrogen) atoms. The molecule has 9 atom stereocenters. The number of phosphoric ester groups is 2. The maximum Gasteiger partial charge on any atom is 0.472 e. The topological polar surface area (TPSA) is 276 Å². The van der Waals surface area contributed by atoms with Crippen molar-refractivity contribution >= 4 is 27.6 Å². The van der Waals surface area contributed by atoms with Gasteiger partial charge in [0.25, 0.3) is 0 Å². The first kappa shape index (κ1) is 61.9. The molecule has 0 bridgehead atoms. The third kappa shape index (κ3) is 31.9. The molecule has 0 spiro atoms. The molecule has 8 N–H and O–H groups in total. The van der Waals surface area contributed by atoms with Crippen LogP contribution in [0.15, 0.2) is 48.6 Å². The van der Waals surface area contributed by atoms with Gasteiger partial charge in [0, 0.05) is 12.8 Å². The SMILES string of the molecule is CCCCC/C=C\C[C@H](O)/C=C/C=C\C/C=C\CCCC(=O)O[C@H](COC(=O)CCCCCCCCCCCCCCCCC)COP(=O)(O)O[C@H]1C(O)C(O)C(O)[C@@H](OP(=O)(O)O)C1O. The summed E-state index contributed by atoms with van der Waals surface area (Å²) in [4.78, 5) is 54.3. The summed E-state index contributed by atoms with van der Waals surface area (Å²) in [7, 11) is -10.7. The normalized spacial score (nSPS) is 22.4. The van der Waals surface area contributed by atoms with E-state index in [2.05, 4.69) is 24.4 Å². The van der Waals surface area contributed by atoms with Crippen molar-refractivity contribution < 1.29 is 82.0 Å². The second-order valence-corrected chi connectivity index (χ2v) is 19.6. The maximum atomic E-state index is 13.0. The molecule has 1 aliphatic rings. The van der Waals surface area contributed by atoms with Gasteiger partial charge in [0.05, 0.1) is 12.7 Å². The minimum Gasteiger partial charge on any atom is -0.462 e. The molecule has 0 aromatic carbocycles. The highest BCUT2D eigenvalue weighted by Crippen LogP contribution is 2.49. The second-order valence-electron chi connectivity index (χ2n) is 17.0. The molecule has 1 rings (SSSR count).